The minimum atomic E-state index is -0.498. The van der Waals surface area contributed by atoms with E-state index >= 15 is 0 Å². The number of aliphatic hydroxyl groups excluding tert-OH is 1. The van der Waals surface area contributed by atoms with Crippen molar-refractivity contribution >= 4 is 5.97 Å². The zero-order valence-electron chi connectivity index (χ0n) is 11.5. The largest absolute Gasteiger partial charge is 0.457 e. The molecular weight excluding hydrogens is 216 g/mol. The number of aliphatic hydroxyl groups is 1. The Balaban J connectivity index is 4.49. The van der Waals surface area contributed by atoms with Crippen molar-refractivity contribution in [1.29, 1.82) is 0 Å². The third-order valence-electron chi connectivity index (χ3n) is 1.97. The zero-order valence-corrected chi connectivity index (χ0v) is 11.5. The summed E-state index contributed by atoms with van der Waals surface area (Å²) in [5.41, 5.74) is 1.26. The molecule has 0 aromatic carbocycles. The Kier molecular flexibility index (Phi) is 6.81. The fraction of sp³-hybridized carbons (Fsp3) is 0.643. The van der Waals surface area contributed by atoms with Crippen LogP contribution in [-0.2, 0) is 9.53 Å². The van der Waals surface area contributed by atoms with Gasteiger partial charge in [0.1, 0.15) is 5.60 Å². The monoisotopic (exact) mass is 240 g/mol. The number of esters is 1. The molecule has 0 atom stereocenters. The van der Waals surface area contributed by atoms with Crippen LogP contribution in [-0.4, -0.2) is 23.3 Å². The fourth-order valence-corrected chi connectivity index (χ4v) is 1.26. The van der Waals surface area contributed by atoms with Crippen LogP contribution in [0.1, 0.15) is 47.5 Å². The Morgan fingerprint density at radius 3 is 2.24 bits per heavy atom. The molecule has 0 saturated carbocycles. The highest BCUT2D eigenvalue weighted by molar-refractivity contribution is 5.88. The molecule has 0 rings (SSSR count). The van der Waals surface area contributed by atoms with Crippen LogP contribution in [0.4, 0.5) is 0 Å². The van der Waals surface area contributed by atoms with Crippen molar-refractivity contribution < 1.29 is 14.6 Å². The Morgan fingerprint density at radius 2 is 1.82 bits per heavy atom. The lowest BCUT2D eigenvalue weighted by Crippen LogP contribution is -2.25. The van der Waals surface area contributed by atoms with E-state index in [4.69, 9.17) is 9.84 Å². The number of allylic oxidation sites excluding steroid dienone is 2. The third kappa shape index (κ3) is 8.69. The highest BCUT2D eigenvalue weighted by Gasteiger charge is 2.19. The molecule has 0 spiro atoms. The lowest BCUT2D eigenvalue weighted by Gasteiger charge is -2.20. The summed E-state index contributed by atoms with van der Waals surface area (Å²) in [6, 6.07) is 0. The SMILES string of the molecule is CC(C)=CCC/C(=C\CO)C(=O)OC(C)(C)C. The molecule has 1 N–H and O–H groups in total. The van der Waals surface area contributed by atoms with Gasteiger partial charge in [-0.25, -0.2) is 4.79 Å². The van der Waals surface area contributed by atoms with E-state index in [2.05, 4.69) is 6.08 Å². The van der Waals surface area contributed by atoms with Crippen LogP contribution in [0.2, 0.25) is 0 Å². The van der Waals surface area contributed by atoms with Crippen molar-refractivity contribution in [3.05, 3.63) is 23.3 Å². The Hall–Kier alpha value is -1.09. The van der Waals surface area contributed by atoms with E-state index in [-0.39, 0.29) is 12.6 Å². The second kappa shape index (κ2) is 7.28. The lowest BCUT2D eigenvalue weighted by molar-refractivity contribution is -0.150. The van der Waals surface area contributed by atoms with Gasteiger partial charge in [0.05, 0.1) is 6.61 Å². The van der Waals surface area contributed by atoms with Crippen LogP contribution < -0.4 is 0 Å². The summed E-state index contributed by atoms with van der Waals surface area (Å²) in [4.78, 5) is 11.8. The predicted molar refractivity (Wildman–Crippen MR) is 69.7 cm³/mol. The van der Waals surface area contributed by atoms with Gasteiger partial charge in [0, 0.05) is 5.57 Å². The van der Waals surface area contributed by atoms with Gasteiger partial charge in [0.25, 0.3) is 0 Å². The molecule has 0 aliphatic heterocycles. The molecule has 0 aromatic heterocycles. The first-order valence-electron chi connectivity index (χ1n) is 5.93. The van der Waals surface area contributed by atoms with Gasteiger partial charge in [0.15, 0.2) is 0 Å². The molecular formula is C14H24O3. The second-order valence-corrected chi connectivity index (χ2v) is 5.23. The van der Waals surface area contributed by atoms with E-state index in [0.29, 0.717) is 12.0 Å². The van der Waals surface area contributed by atoms with Crippen LogP contribution in [0.25, 0.3) is 0 Å². The van der Waals surface area contributed by atoms with E-state index in [1.165, 1.54) is 11.6 Å². The smallest absolute Gasteiger partial charge is 0.334 e. The van der Waals surface area contributed by atoms with E-state index in [1.54, 1.807) is 0 Å². The maximum Gasteiger partial charge on any atom is 0.334 e. The molecule has 0 unspecified atom stereocenters. The van der Waals surface area contributed by atoms with Gasteiger partial charge in [0.2, 0.25) is 0 Å². The zero-order chi connectivity index (χ0) is 13.5. The van der Waals surface area contributed by atoms with E-state index in [0.717, 1.165) is 6.42 Å². The summed E-state index contributed by atoms with van der Waals surface area (Å²) in [6.45, 7) is 9.39. The van der Waals surface area contributed by atoms with Gasteiger partial charge < -0.3 is 9.84 Å². The van der Waals surface area contributed by atoms with Crippen molar-refractivity contribution in [2.45, 2.75) is 53.1 Å². The summed E-state index contributed by atoms with van der Waals surface area (Å²) in [5, 5.41) is 8.89. The summed E-state index contributed by atoms with van der Waals surface area (Å²) in [5.74, 6) is -0.339. The highest BCUT2D eigenvalue weighted by atomic mass is 16.6. The summed E-state index contributed by atoms with van der Waals surface area (Å²) in [7, 11) is 0. The molecule has 0 amide bonds. The van der Waals surface area contributed by atoms with Gasteiger partial charge in [-0.2, -0.15) is 0 Å². The van der Waals surface area contributed by atoms with Gasteiger partial charge >= 0.3 is 5.97 Å². The standard InChI is InChI=1S/C14H24O3/c1-11(2)7-6-8-12(9-10-15)13(16)17-14(3,4)5/h7,9,15H,6,8,10H2,1-5H3/b12-9+. The maximum absolute atomic E-state index is 11.8. The number of carbonyl (C=O) groups excluding carboxylic acids is 1. The molecule has 0 bridgehead atoms. The Bertz CT molecular complexity index is 302. The van der Waals surface area contributed by atoms with E-state index < -0.39 is 5.60 Å². The third-order valence-corrected chi connectivity index (χ3v) is 1.97. The minimum absolute atomic E-state index is 0.136. The van der Waals surface area contributed by atoms with Crippen molar-refractivity contribution in [3.8, 4) is 0 Å². The first-order valence-corrected chi connectivity index (χ1v) is 5.93. The van der Waals surface area contributed by atoms with Gasteiger partial charge in [-0.15, -0.1) is 0 Å². The number of carbonyl (C=O) groups is 1. The molecule has 0 aliphatic carbocycles. The van der Waals surface area contributed by atoms with Crippen LogP contribution in [0.3, 0.4) is 0 Å². The average molecular weight is 240 g/mol. The van der Waals surface area contributed by atoms with Crippen molar-refractivity contribution in [2.75, 3.05) is 6.61 Å². The van der Waals surface area contributed by atoms with Crippen LogP contribution in [0.15, 0.2) is 23.3 Å². The number of rotatable bonds is 5. The average Bonchev–Trinajstić information content (AvgIpc) is 2.13. The maximum atomic E-state index is 11.8. The van der Waals surface area contributed by atoms with Crippen molar-refractivity contribution in [2.24, 2.45) is 0 Å². The predicted octanol–water partition coefficient (Wildman–Crippen LogP) is 2.99. The first kappa shape index (κ1) is 15.9. The van der Waals surface area contributed by atoms with E-state index in [1.807, 2.05) is 34.6 Å². The number of hydrogen-bond acceptors (Lipinski definition) is 3. The van der Waals surface area contributed by atoms with E-state index in [9.17, 15) is 4.79 Å². The Labute approximate surface area is 104 Å². The molecule has 0 heterocycles. The lowest BCUT2D eigenvalue weighted by atomic mass is 10.1. The Morgan fingerprint density at radius 1 is 1.24 bits per heavy atom. The van der Waals surface area contributed by atoms with Crippen molar-refractivity contribution in [1.82, 2.24) is 0 Å². The van der Waals surface area contributed by atoms with Gasteiger partial charge in [-0.05, 0) is 53.5 Å². The fourth-order valence-electron chi connectivity index (χ4n) is 1.26. The molecule has 0 aromatic rings. The van der Waals surface area contributed by atoms with Crippen LogP contribution >= 0.6 is 0 Å². The normalized spacial score (nSPS) is 12.2. The number of ether oxygens (including phenoxy) is 1. The summed E-state index contributed by atoms with van der Waals surface area (Å²) in [6.07, 6.45) is 4.97. The quantitative estimate of drug-likeness (QED) is 0.456. The topological polar surface area (TPSA) is 46.5 Å². The highest BCUT2D eigenvalue weighted by Crippen LogP contribution is 2.15. The van der Waals surface area contributed by atoms with Crippen LogP contribution in [0.5, 0.6) is 0 Å². The van der Waals surface area contributed by atoms with Gasteiger partial charge in [-0.1, -0.05) is 11.6 Å². The summed E-state index contributed by atoms with van der Waals surface area (Å²) < 4.78 is 5.27. The molecule has 0 saturated heterocycles. The number of hydrogen-bond donors (Lipinski definition) is 1. The molecule has 0 radical (unpaired) electrons. The molecule has 3 heteroatoms. The van der Waals surface area contributed by atoms with Crippen molar-refractivity contribution in [3.63, 3.8) is 0 Å². The molecule has 3 nitrogen and oxygen atoms in total. The first-order chi connectivity index (χ1) is 7.76. The molecule has 98 valence electrons. The van der Waals surface area contributed by atoms with Gasteiger partial charge in [-0.3, -0.25) is 0 Å². The molecule has 17 heavy (non-hydrogen) atoms. The second-order valence-electron chi connectivity index (χ2n) is 5.23. The minimum Gasteiger partial charge on any atom is -0.457 e. The molecule has 0 fully saturated rings. The molecule has 0 aliphatic rings. The van der Waals surface area contributed by atoms with Crippen LogP contribution in [0, 0.1) is 0 Å². The summed E-state index contributed by atoms with van der Waals surface area (Å²) >= 11 is 0.